The van der Waals surface area contributed by atoms with E-state index in [2.05, 4.69) is 22.2 Å². The van der Waals surface area contributed by atoms with Gasteiger partial charge in [-0.15, -0.1) is 0 Å². The van der Waals surface area contributed by atoms with E-state index in [9.17, 15) is 17.6 Å². The Morgan fingerprint density at radius 1 is 1.03 bits per heavy atom. The van der Waals surface area contributed by atoms with Gasteiger partial charge in [-0.3, -0.25) is 4.72 Å². The Hall–Kier alpha value is -3.65. The van der Waals surface area contributed by atoms with Crippen LogP contribution in [0.4, 0.5) is 15.8 Å². The predicted molar refractivity (Wildman–Crippen MR) is 123 cm³/mol. The molecule has 0 fully saturated rings. The fourth-order valence-electron chi connectivity index (χ4n) is 4.67. The van der Waals surface area contributed by atoms with Crippen molar-refractivity contribution in [3.8, 4) is 0 Å². The van der Waals surface area contributed by atoms with Crippen molar-refractivity contribution < 1.29 is 22.7 Å². The van der Waals surface area contributed by atoms with Gasteiger partial charge in [-0.25, -0.2) is 17.6 Å². The highest BCUT2D eigenvalue weighted by Gasteiger charge is 2.39. The number of sulfonamides is 1. The second-order valence-electron chi connectivity index (χ2n) is 8.23. The zero-order chi connectivity index (χ0) is 23.2. The van der Waals surface area contributed by atoms with Crippen LogP contribution in [-0.2, 0) is 10.0 Å². The zero-order valence-corrected chi connectivity index (χ0v) is 18.2. The Labute approximate surface area is 190 Å². The van der Waals surface area contributed by atoms with Crippen molar-refractivity contribution in [3.63, 3.8) is 0 Å². The minimum absolute atomic E-state index is 0.0316. The van der Waals surface area contributed by atoms with Crippen LogP contribution in [0.15, 0.2) is 83.8 Å². The summed E-state index contributed by atoms with van der Waals surface area (Å²) in [6.45, 7) is 0. The number of carboxylic acid groups (broad SMARTS) is 1. The van der Waals surface area contributed by atoms with Crippen LogP contribution in [0.2, 0.25) is 0 Å². The summed E-state index contributed by atoms with van der Waals surface area (Å²) < 4.78 is 43.1. The number of fused-ring (bicyclic) bond motifs is 3. The van der Waals surface area contributed by atoms with Crippen molar-refractivity contribution in [2.45, 2.75) is 23.3 Å². The molecule has 2 aliphatic rings. The minimum Gasteiger partial charge on any atom is -0.478 e. The summed E-state index contributed by atoms with van der Waals surface area (Å²) in [6.07, 6.45) is 4.89. The van der Waals surface area contributed by atoms with Crippen molar-refractivity contribution in [2.24, 2.45) is 5.92 Å². The van der Waals surface area contributed by atoms with Gasteiger partial charge in [-0.05, 0) is 66.4 Å². The first kappa shape index (κ1) is 21.2. The van der Waals surface area contributed by atoms with Crippen LogP contribution in [0.1, 0.15) is 39.9 Å². The summed E-state index contributed by atoms with van der Waals surface area (Å²) in [7, 11) is -3.89. The normalized spacial score (nSPS) is 21.1. The first-order chi connectivity index (χ1) is 15.8. The quantitative estimate of drug-likeness (QED) is 0.454. The molecule has 1 aliphatic heterocycles. The average molecular weight is 465 g/mol. The van der Waals surface area contributed by atoms with Gasteiger partial charge in [0.25, 0.3) is 10.0 Å². The van der Waals surface area contributed by atoms with Gasteiger partial charge in [0.2, 0.25) is 0 Å². The van der Waals surface area contributed by atoms with E-state index in [1.54, 1.807) is 24.3 Å². The van der Waals surface area contributed by atoms with Crippen molar-refractivity contribution in [3.05, 3.63) is 101 Å². The van der Waals surface area contributed by atoms with Gasteiger partial charge in [0.15, 0.2) is 0 Å². The predicted octanol–water partition coefficient (Wildman–Crippen LogP) is 5.15. The van der Waals surface area contributed by atoms with Gasteiger partial charge < -0.3 is 10.4 Å². The van der Waals surface area contributed by atoms with Crippen LogP contribution in [0.3, 0.4) is 0 Å². The molecule has 0 amide bonds. The highest BCUT2D eigenvalue weighted by atomic mass is 32.2. The summed E-state index contributed by atoms with van der Waals surface area (Å²) in [5.41, 5.74) is 2.58. The third-order valence-corrected chi connectivity index (χ3v) is 7.65. The van der Waals surface area contributed by atoms with Gasteiger partial charge in [0.1, 0.15) is 5.82 Å². The molecular formula is C25H21FN2O4S. The van der Waals surface area contributed by atoms with Crippen molar-refractivity contribution in [1.82, 2.24) is 0 Å². The molecule has 0 bridgehead atoms. The van der Waals surface area contributed by atoms with Crippen LogP contribution in [-0.4, -0.2) is 19.5 Å². The first-order valence-electron chi connectivity index (χ1n) is 10.5. The number of halogens is 1. The molecule has 2 unspecified atom stereocenters. The Morgan fingerprint density at radius 3 is 2.52 bits per heavy atom. The van der Waals surface area contributed by atoms with Gasteiger partial charge in [0.05, 0.1) is 16.5 Å². The molecule has 1 aliphatic carbocycles. The van der Waals surface area contributed by atoms with Gasteiger partial charge >= 0.3 is 5.97 Å². The molecule has 8 heteroatoms. The van der Waals surface area contributed by atoms with Crippen LogP contribution < -0.4 is 10.0 Å². The highest BCUT2D eigenvalue weighted by molar-refractivity contribution is 7.92. The maximum atomic E-state index is 14.5. The molecule has 3 aromatic carbocycles. The van der Waals surface area contributed by atoms with Gasteiger partial charge in [-0.2, -0.15) is 0 Å². The molecule has 3 N–H and O–H groups in total. The Balaban J connectivity index is 1.46. The average Bonchev–Trinajstić information content (AvgIpc) is 3.29. The summed E-state index contributed by atoms with van der Waals surface area (Å²) in [5.74, 6) is -1.30. The molecular weight excluding hydrogens is 443 g/mol. The number of carbonyl (C=O) groups is 1. The molecule has 168 valence electrons. The molecule has 6 nitrogen and oxygen atoms in total. The standard InChI is InChI=1S/C25H21FN2O4S/c26-22-7-2-1-4-20(22)24-19-6-3-5-18(19)21-14-17(12-13-23(21)27-24)33(31,32)28-16-10-8-15(9-11-16)25(29)30/h1-5,7-14,18-19,24,27-28H,6H2,(H,29,30)/t18?,19?,24-/m0/s1. The summed E-state index contributed by atoms with van der Waals surface area (Å²) >= 11 is 0. The number of nitrogens with one attached hydrogen (secondary N) is 2. The topological polar surface area (TPSA) is 95.5 Å². The molecule has 0 radical (unpaired) electrons. The number of hydrogen-bond acceptors (Lipinski definition) is 4. The molecule has 0 saturated carbocycles. The second-order valence-corrected chi connectivity index (χ2v) is 9.92. The Morgan fingerprint density at radius 2 is 1.79 bits per heavy atom. The molecule has 1 heterocycles. The zero-order valence-electron chi connectivity index (χ0n) is 17.4. The van der Waals surface area contributed by atoms with E-state index in [1.807, 2.05) is 6.07 Å². The van der Waals surface area contributed by atoms with Crippen molar-refractivity contribution in [1.29, 1.82) is 0 Å². The van der Waals surface area contributed by atoms with Gasteiger partial charge in [-0.1, -0.05) is 30.4 Å². The highest BCUT2D eigenvalue weighted by Crippen LogP contribution is 2.50. The SMILES string of the molecule is O=C(O)c1ccc(NS(=O)(=O)c2ccc3c(c2)C2C=CCC2[C@@H](c2ccccc2F)N3)cc1. The van der Waals surface area contributed by atoms with E-state index < -0.39 is 16.0 Å². The van der Waals surface area contributed by atoms with Crippen molar-refractivity contribution in [2.75, 3.05) is 10.0 Å². The molecule has 0 spiro atoms. The largest absolute Gasteiger partial charge is 0.478 e. The Kier molecular flexibility index (Phi) is 5.17. The lowest BCUT2D eigenvalue weighted by atomic mass is 9.77. The molecule has 3 atom stereocenters. The number of hydrogen-bond donors (Lipinski definition) is 3. The molecule has 0 aromatic heterocycles. The summed E-state index contributed by atoms with van der Waals surface area (Å²) in [5, 5.41) is 12.4. The van der Waals surface area contributed by atoms with Gasteiger partial charge in [0, 0.05) is 22.9 Å². The van der Waals surface area contributed by atoms with E-state index in [-0.39, 0.29) is 39.8 Å². The lowest BCUT2D eigenvalue weighted by Crippen LogP contribution is -2.30. The fraction of sp³-hybridized carbons (Fsp3) is 0.160. The van der Waals surface area contributed by atoms with E-state index in [0.29, 0.717) is 5.56 Å². The minimum atomic E-state index is -3.89. The molecule has 3 aromatic rings. The molecule has 5 rings (SSSR count). The van der Waals surface area contributed by atoms with Crippen molar-refractivity contribution >= 4 is 27.4 Å². The maximum absolute atomic E-state index is 14.5. The third kappa shape index (κ3) is 3.87. The molecule has 33 heavy (non-hydrogen) atoms. The third-order valence-electron chi connectivity index (χ3n) is 6.27. The Bertz CT molecular complexity index is 1370. The number of anilines is 2. The number of aromatic carboxylic acids is 1. The number of carboxylic acids is 1. The van der Waals surface area contributed by atoms with Crippen LogP contribution >= 0.6 is 0 Å². The van der Waals surface area contributed by atoms with E-state index >= 15 is 0 Å². The summed E-state index contributed by atoms with van der Waals surface area (Å²) in [4.78, 5) is 11.1. The van der Waals surface area contributed by atoms with E-state index in [4.69, 9.17) is 5.11 Å². The number of allylic oxidation sites excluding steroid dienone is 2. The maximum Gasteiger partial charge on any atom is 0.335 e. The first-order valence-corrected chi connectivity index (χ1v) is 12.0. The van der Waals surface area contributed by atoms with Crippen LogP contribution in [0.5, 0.6) is 0 Å². The monoisotopic (exact) mass is 464 g/mol. The molecule has 0 saturated heterocycles. The number of rotatable bonds is 5. The second kappa shape index (κ2) is 8.04. The lowest BCUT2D eigenvalue weighted by Gasteiger charge is -2.37. The van der Waals surface area contributed by atoms with E-state index in [1.165, 1.54) is 36.4 Å². The fourth-order valence-corrected chi connectivity index (χ4v) is 5.76. The number of benzene rings is 3. The van der Waals surface area contributed by atoms with Crippen LogP contribution in [0.25, 0.3) is 0 Å². The van der Waals surface area contributed by atoms with Crippen LogP contribution in [0, 0.1) is 11.7 Å². The lowest BCUT2D eigenvalue weighted by molar-refractivity contribution is 0.0697. The van der Waals surface area contributed by atoms with E-state index in [0.717, 1.165) is 17.7 Å². The smallest absolute Gasteiger partial charge is 0.335 e. The summed E-state index contributed by atoms with van der Waals surface area (Å²) in [6, 6.07) is 16.9.